The van der Waals surface area contributed by atoms with Gasteiger partial charge in [-0.15, -0.1) is 0 Å². The summed E-state index contributed by atoms with van der Waals surface area (Å²) in [6.07, 6.45) is 1.98. The lowest BCUT2D eigenvalue weighted by molar-refractivity contribution is -0.143. The van der Waals surface area contributed by atoms with Crippen LogP contribution in [0.1, 0.15) is 24.3 Å². The minimum absolute atomic E-state index is 0.475. The highest BCUT2D eigenvalue weighted by Crippen LogP contribution is 2.48. The largest absolute Gasteiger partial charge is 0.481 e. The average molecular weight is 181 g/mol. The van der Waals surface area contributed by atoms with Crippen molar-refractivity contribution in [3.8, 4) is 0 Å². The number of hydrogen-bond donors (Lipinski definition) is 1. The zero-order valence-corrected chi connectivity index (χ0v) is 7.41. The molecule has 1 aliphatic rings. The molecule has 0 aliphatic heterocycles. The van der Waals surface area contributed by atoms with Crippen molar-refractivity contribution in [1.82, 2.24) is 5.16 Å². The van der Waals surface area contributed by atoms with Crippen LogP contribution in [0.3, 0.4) is 0 Å². The van der Waals surface area contributed by atoms with E-state index in [9.17, 15) is 4.79 Å². The van der Waals surface area contributed by atoms with Gasteiger partial charge in [0.15, 0.2) is 0 Å². The van der Waals surface area contributed by atoms with Gasteiger partial charge in [-0.1, -0.05) is 5.16 Å². The van der Waals surface area contributed by atoms with Gasteiger partial charge in [0.25, 0.3) is 0 Å². The Hall–Kier alpha value is -1.32. The molecule has 2 rings (SSSR count). The van der Waals surface area contributed by atoms with Gasteiger partial charge in [0, 0.05) is 12.5 Å². The Bertz CT molecular complexity index is 338. The number of aryl methyl sites for hydroxylation is 1. The van der Waals surface area contributed by atoms with E-state index in [1.54, 1.807) is 6.07 Å². The summed E-state index contributed by atoms with van der Waals surface area (Å²) in [5, 5.41) is 12.6. The number of carboxylic acids is 1. The maximum absolute atomic E-state index is 10.8. The summed E-state index contributed by atoms with van der Waals surface area (Å²) < 4.78 is 4.98. The van der Waals surface area contributed by atoms with E-state index < -0.39 is 11.4 Å². The van der Waals surface area contributed by atoms with Crippen molar-refractivity contribution < 1.29 is 14.4 Å². The van der Waals surface area contributed by atoms with Crippen molar-refractivity contribution in [2.45, 2.75) is 26.2 Å². The van der Waals surface area contributed by atoms with E-state index in [4.69, 9.17) is 9.63 Å². The number of rotatable bonds is 3. The van der Waals surface area contributed by atoms with Gasteiger partial charge in [0.1, 0.15) is 5.76 Å². The summed E-state index contributed by atoms with van der Waals surface area (Å²) in [5.41, 5.74) is 0.252. The highest BCUT2D eigenvalue weighted by atomic mass is 16.5. The van der Waals surface area contributed by atoms with Crippen LogP contribution in [0.5, 0.6) is 0 Å². The average Bonchev–Trinajstić information content (AvgIpc) is 2.72. The standard InChI is InChI=1S/C9H11NO3/c1-6-4-7(13-10-6)5-9(2-3-9)8(11)12/h4H,2-3,5H2,1H3,(H,11,12). The second-order valence-electron chi connectivity index (χ2n) is 3.70. The third-order valence-electron chi connectivity index (χ3n) is 2.50. The van der Waals surface area contributed by atoms with Gasteiger partial charge < -0.3 is 9.63 Å². The summed E-state index contributed by atoms with van der Waals surface area (Å²) in [4.78, 5) is 10.8. The first-order valence-electron chi connectivity index (χ1n) is 4.28. The van der Waals surface area contributed by atoms with E-state index in [1.165, 1.54) is 0 Å². The highest BCUT2D eigenvalue weighted by Gasteiger charge is 2.50. The molecule has 1 N–H and O–H groups in total. The quantitative estimate of drug-likeness (QED) is 0.765. The van der Waals surface area contributed by atoms with Gasteiger partial charge in [0.2, 0.25) is 0 Å². The van der Waals surface area contributed by atoms with Crippen LogP contribution < -0.4 is 0 Å². The lowest BCUT2D eigenvalue weighted by Crippen LogP contribution is -2.17. The summed E-state index contributed by atoms with van der Waals surface area (Å²) in [6, 6.07) is 1.79. The fourth-order valence-corrected chi connectivity index (χ4v) is 1.45. The van der Waals surface area contributed by atoms with Crippen LogP contribution in [0.25, 0.3) is 0 Å². The summed E-state index contributed by atoms with van der Waals surface area (Å²) in [5.74, 6) is -0.0426. The molecule has 70 valence electrons. The fraction of sp³-hybridized carbons (Fsp3) is 0.556. The molecule has 0 aromatic carbocycles. The van der Waals surface area contributed by atoms with E-state index in [-0.39, 0.29) is 0 Å². The molecule has 0 bridgehead atoms. The van der Waals surface area contributed by atoms with Crippen molar-refractivity contribution in [2.75, 3.05) is 0 Å². The van der Waals surface area contributed by atoms with Gasteiger partial charge in [-0.25, -0.2) is 0 Å². The lowest BCUT2D eigenvalue weighted by atomic mass is 10.0. The van der Waals surface area contributed by atoms with E-state index in [0.29, 0.717) is 12.2 Å². The van der Waals surface area contributed by atoms with Crippen LogP contribution in [-0.4, -0.2) is 16.2 Å². The Kier molecular flexibility index (Phi) is 1.65. The van der Waals surface area contributed by atoms with Crippen molar-refractivity contribution >= 4 is 5.97 Å². The lowest BCUT2D eigenvalue weighted by Gasteiger charge is -2.04. The van der Waals surface area contributed by atoms with Gasteiger partial charge in [-0.3, -0.25) is 4.79 Å². The minimum atomic E-state index is -0.721. The Morgan fingerprint density at radius 3 is 2.85 bits per heavy atom. The van der Waals surface area contributed by atoms with Gasteiger partial charge in [0.05, 0.1) is 11.1 Å². The number of hydrogen-bond acceptors (Lipinski definition) is 3. The third kappa shape index (κ3) is 1.43. The molecule has 0 radical (unpaired) electrons. The number of aromatic nitrogens is 1. The molecule has 0 spiro atoms. The molecule has 1 aromatic rings. The first-order chi connectivity index (χ1) is 6.12. The summed E-state index contributed by atoms with van der Waals surface area (Å²) in [7, 11) is 0. The molecule has 1 aliphatic carbocycles. The molecule has 0 atom stereocenters. The zero-order valence-electron chi connectivity index (χ0n) is 7.41. The summed E-state index contributed by atoms with van der Waals surface area (Å²) >= 11 is 0. The molecule has 0 unspecified atom stereocenters. The number of nitrogens with zero attached hydrogens (tertiary/aromatic N) is 1. The van der Waals surface area contributed by atoms with Crippen molar-refractivity contribution in [3.05, 3.63) is 17.5 Å². The van der Waals surface area contributed by atoms with E-state index in [2.05, 4.69) is 5.16 Å². The van der Waals surface area contributed by atoms with Crippen LogP contribution in [0.4, 0.5) is 0 Å². The van der Waals surface area contributed by atoms with E-state index in [1.807, 2.05) is 6.92 Å². The summed E-state index contributed by atoms with van der Waals surface area (Å²) in [6.45, 7) is 1.83. The van der Waals surface area contributed by atoms with Crippen LogP contribution in [0.15, 0.2) is 10.6 Å². The molecule has 1 heterocycles. The maximum Gasteiger partial charge on any atom is 0.310 e. The minimum Gasteiger partial charge on any atom is -0.481 e. The van der Waals surface area contributed by atoms with E-state index in [0.717, 1.165) is 18.5 Å². The Balaban J connectivity index is 2.10. The Morgan fingerprint density at radius 2 is 2.46 bits per heavy atom. The second kappa shape index (κ2) is 2.58. The van der Waals surface area contributed by atoms with Crippen LogP contribution in [0, 0.1) is 12.3 Å². The monoisotopic (exact) mass is 181 g/mol. The predicted molar refractivity (Wildman–Crippen MR) is 44.2 cm³/mol. The van der Waals surface area contributed by atoms with Gasteiger partial charge in [-0.2, -0.15) is 0 Å². The Labute approximate surface area is 75.5 Å². The first-order valence-corrected chi connectivity index (χ1v) is 4.28. The molecule has 0 saturated heterocycles. The smallest absolute Gasteiger partial charge is 0.310 e. The predicted octanol–water partition coefficient (Wildman–Crippen LogP) is 1.39. The van der Waals surface area contributed by atoms with E-state index >= 15 is 0 Å². The zero-order chi connectivity index (χ0) is 9.47. The number of aliphatic carboxylic acids is 1. The van der Waals surface area contributed by atoms with Crippen LogP contribution in [-0.2, 0) is 11.2 Å². The molecule has 0 amide bonds. The highest BCUT2D eigenvalue weighted by molar-refractivity contribution is 5.78. The number of carboxylic acid groups (broad SMARTS) is 1. The maximum atomic E-state index is 10.8. The van der Waals surface area contributed by atoms with Crippen LogP contribution >= 0.6 is 0 Å². The second-order valence-corrected chi connectivity index (χ2v) is 3.70. The molecule has 4 heteroatoms. The normalized spacial score (nSPS) is 18.5. The van der Waals surface area contributed by atoms with Crippen molar-refractivity contribution in [1.29, 1.82) is 0 Å². The molecule has 1 fully saturated rings. The molecular weight excluding hydrogens is 170 g/mol. The molecule has 1 saturated carbocycles. The topological polar surface area (TPSA) is 63.3 Å². The van der Waals surface area contributed by atoms with Crippen molar-refractivity contribution in [3.63, 3.8) is 0 Å². The van der Waals surface area contributed by atoms with Crippen LogP contribution in [0.2, 0.25) is 0 Å². The molecular formula is C9H11NO3. The third-order valence-corrected chi connectivity index (χ3v) is 2.50. The molecule has 1 aromatic heterocycles. The Morgan fingerprint density at radius 1 is 1.77 bits per heavy atom. The molecule has 4 nitrogen and oxygen atoms in total. The molecule has 13 heavy (non-hydrogen) atoms. The van der Waals surface area contributed by atoms with Gasteiger partial charge in [-0.05, 0) is 19.8 Å². The fourth-order valence-electron chi connectivity index (χ4n) is 1.45. The van der Waals surface area contributed by atoms with Gasteiger partial charge >= 0.3 is 5.97 Å². The van der Waals surface area contributed by atoms with Crippen molar-refractivity contribution in [2.24, 2.45) is 5.41 Å². The SMILES string of the molecule is Cc1cc(CC2(C(=O)O)CC2)on1. The number of carbonyl (C=O) groups is 1. The first kappa shape index (κ1) is 8.29.